The fourth-order valence-corrected chi connectivity index (χ4v) is 3.78. The van der Waals surface area contributed by atoms with Crippen LogP contribution in [0.25, 0.3) is 0 Å². The van der Waals surface area contributed by atoms with Gasteiger partial charge in [0, 0.05) is 45.0 Å². The molecule has 2 aliphatic heterocycles. The number of hydrogen-bond acceptors (Lipinski definition) is 6. The van der Waals surface area contributed by atoms with Gasteiger partial charge < -0.3 is 14.2 Å². The highest BCUT2D eigenvalue weighted by Crippen LogP contribution is 2.26. The summed E-state index contributed by atoms with van der Waals surface area (Å²) in [5.41, 5.74) is 0.954. The molecule has 2 atom stereocenters. The predicted molar refractivity (Wildman–Crippen MR) is 95.3 cm³/mol. The smallest absolute Gasteiger partial charge is 0.151 e. The van der Waals surface area contributed by atoms with Gasteiger partial charge in [0.25, 0.3) is 0 Å². The van der Waals surface area contributed by atoms with Crippen LogP contribution in [0.3, 0.4) is 0 Å². The quantitative estimate of drug-likeness (QED) is 0.837. The zero-order valence-corrected chi connectivity index (χ0v) is 15.0. The third-order valence-corrected chi connectivity index (χ3v) is 5.32. The van der Waals surface area contributed by atoms with Crippen LogP contribution in [0.2, 0.25) is 0 Å². The molecular weight excluding hydrogens is 316 g/mol. The number of ether oxygens (including phenoxy) is 1. The first-order valence-corrected chi connectivity index (χ1v) is 9.04. The van der Waals surface area contributed by atoms with Gasteiger partial charge in [-0.3, -0.25) is 4.90 Å². The van der Waals surface area contributed by atoms with E-state index in [9.17, 15) is 0 Å². The Bertz CT molecular complexity index is 700. The molecule has 134 valence electrons. The second-order valence-electron chi connectivity index (χ2n) is 7.13. The molecule has 0 N–H and O–H groups in total. The van der Waals surface area contributed by atoms with Crippen LogP contribution >= 0.6 is 0 Å². The van der Waals surface area contributed by atoms with Gasteiger partial charge in [-0.05, 0) is 32.0 Å². The summed E-state index contributed by atoms with van der Waals surface area (Å²) < 4.78 is 8.30. The van der Waals surface area contributed by atoms with Crippen LogP contribution < -0.4 is 4.90 Å². The molecule has 2 aromatic rings. The van der Waals surface area contributed by atoms with E-state index in [1.165, 1.54) is 0 Å². The summed E-state index contributed by atoms with van der Waals surface area (Å²) in [5, 5.41) is 8.56. The van der Waals surface area contributed by atoms with Crippen molar-refractivity contribution in [3.8, 4) is 0 Å². The minimum atomic E-state index is 0.289. The summed E-state index contributed by atoms with van der Waals surface area (Å²) >= 11 is 0. The van der Waals surface area contributed by atoms with Crippen LogP contribution in [0.4, 0.5) is 5.82 Å². The summed E-state index contributed by atoms with van der Waals surface area (Å²) in [5.74, 6) is 2.62. The Morgan fingerprint density at radius 3 is 2.88 bits per heavy atom. The maximum atomic E-state index is 6.20. The number of imidazole rings is 1. The van der Waals surface area contributed by atoms with E-state index in [0.717, 1.165) is 63.1 Å². The van der Waals surface area contributed by atoms with Crippen molar-refractivity contribution in [1.82, 2.24) is 24.6 Å². The summed E-state index contributed by atoms with van der Waals surface area (Å²) in [6.45, 7) is 7.55. The molecule has 0 bridgehead atoms. The Balaban J connectivity index is 1.40. The maximum Gasteiger partial charge on any atom is 0.151 e. The van der Waals surface area contributed by atoms with Crippen LogP contribution in [0.5, 0.6) is 0 Å². The molecule has 0 amide bonds. The van der Waals surface area contributed by atoms with Crippen LogP contribution in [0, 0.1) is 12.8 Å². The van der Waals surface area contributed by atoms with E-state index in [4.69, 9.17) is 4.74 Å². The van der Waals surface area contributed by atoms with Gasteiger partial charge >= 0.3 is 0 Å². The van der Waals surface area contributed by atoms with Gasteiger partial charge in [-0.25, -0.2) is 4.98 Å². The number of rotatable bonds is 3. The molecule has 4 rings (SSSR count). The molecule has 2 aromatic heterocycles. The van der Waals surface area contributed by atoms with Crippen molar-refractivity contribution in [3.05, 3.63) is 36.0 Å². The lowest BCUT2D eigenvalue weighted by Gasteiger charge is -2.37. The summed E-state index contributed by atoms with van der Waals surface area (Å²) in [7, 11) is 2.05. The third kappa shape index (κ3) is 3.67. The van der Waals surface area contributed by atoms with Crippen molar-refractivity contribution < 1.29 is 4.74 Å². The molecule has 7 heteroatoms. The fraction of sp³-hybridized carbons (Fsp3) is 0.611. The SMILES string of the molecule is Cc1ccc(N2CCO[C@@H]3CN(Cc4nccn4C)CC[C@@H]3C2)nn1. The van der Waals surface area contributed by atoms with Gasteiger partial charge in [-0.15, -0.1) is 5.10 Å². The molecule has 0 aliphatic carbocycles. The Kier molecular flexibility index (Phi) is 4.67. The standard InChI is InChI=1S/C18H26N6O/c1-14-3-4-17(21-20-14)24-9-10-25-16-12-23(7-5-15(16)11-24)13-18-19-6-8-22(18)2/h3-4,6,8,15-16H,5,7,9-13H2,1-2H3/t15-,16-/m1/s1. The zero-order chi connectivity index (χ0) is 17.2. The number of nitrogens with zero attached hydrogens (tertiary/aromatic N) is 6. The summed E-state index contributed by atoms with van der Waals surface area (Å²) in [6.07, 6.45) is 5.30. The van der Waals surface area contributed by atoms with Crippen LogP contribution in [-0.2, 0) is 18.3 Å². The van der Waals surface area contributed by atoms with Gasteiger partial charge in [-0.2, -0.15) is 5.10 Å². The van der Waals surface area contributed by atoms with E-state index in [1.54, 1.807) is 0 Å². The molecule has 0 saturated carbocycles. The maximum absolute atomic E-state index is 6.20. The first kappa shape index (κ1) is 16.5. The van der Waals surface area contributed by atoms with E-state index < -0.39 is 0 Å². The van der Waals surface area contributed by atoms with E-state index in [2.05, 4.69) is 42.7 Å². The molecule has 2 fully saturated rings. The Morgan fingerprint density at radius 2 is 2.12 bits per heavy atom. The highest BCUT2D eigenvalue weighted by atomic mass is 16.5. The number of aryl methyl sites for hydroxylation is 2. The van der Waals surface area contributed by atoms with Crippen molar-refractivity contribution in [2.45, 2.75) is 26.0 Å². The van der Waals surface area contributed by atoms with Gasteiger partial charge in [0.2, 0.25) is 0 Å². The third-order valence-electron chi connectivity index (χ3n) is 5.32. The van der Waals surface area contributed by atoms with Crippen LogP contribution in [-0.4, -0.2) is 63.5 Å². The number of piperidine rings is 1. The second kappa shape index (κ2) is 7.09. The molecule has 7 nitrogen and oxygen atoms in total. The molecule has 0 aromatic carbocycles. The number of hydrogen-bond donors (Lipinski definition) is 0. The summed E-state index contributed by atoms with van der Waals surface area (Å²) in [6, 6.07) is 4.10. The highest BCUT2D eigenvalue weighted by molar-refractivity contribution is 5.37. The molecule has 4 heterocycles. The van der Waals surface area contributed by atoms with Crippen LogP contribution in [0.1, 0.15) is 17.9 Å². The average molecular weight is 342 g/mol. The van der Waals surface area contributed by atoms with Gasteiger partial charge in [0.05, 0.1) is 24.9 Å². The lowest BCUT2D eigenvalue weighted by Crippen LogP contribution is -2.46. The van der Waals surface area contributed by atoms with E-state index in [0.29, 0.717) is 5.92 Å². The fourth-order valence-electron chi connectivity index (χ4n) is 3.78. The molecule has 25 heavy (non-hydrogen) atoms. The van der Waals surface area contributed by atoms with E-state index in [1.807, 2.05) is 25.4 Å². The molecule has 2 saturated heterocycles. The van der Waals surface area contributed by atoms with Gasteiger partial charge in [-0.1, -0.05) is 0 Å². The number of aromatic nitrogens is 4. The minimum Gasteiger partial charge on any atom is -0.375 e. The zero-order valence-electron chi connectivity index (χ0n) is 15.0. The number of likely N-dealkylation sites (tertiary alicyclic amines) is 1. The lowest BCUT2D eigenvalue weighted by atomic mass is 9.93. The van der Waals surface area contributed by atoms with E-state index in [-0.39, 0.29) is 6.10 Å². The first-order chi connectivity index (χ1) is 12.2. The summed E-state index contributed by atoms with van der Waals surface area (Å²) in [4.78, 5) is 9.24. The Morgan fingerprint density at radius 1 is 1.20 bits per heavy atom. The second-order valence-corrected chi connectivity index (χ2v) is 7.13. The predicted octanol–water partition coefficient (Wildman–Crippen LogP) is 1.25. The van der Waals surface area contributed by atoms with Crippen molar-refractivity contribution in [2.75, 3.05) is 37.7 Å². The van der Waals surface area contributed by atoms with Crippen molar-refractivity contribution >= 4 is 5.82 Å². The van der Waals surface area contributed by atoms with Gasteiger partial charge in [0.1, 0.15) is 5.82 Å². The van der Waals surface area contributed by atoms with Crippen molar-refractivity contribution in [3.63, 3.8) is 0 Å². The molecular formula is C18H26N6O. The topological polar surface area (TPSA) is 59.3 Å². The number of anilines is 1. The number of fused-ring (bicyclic) bond motifs is 1. The first-order valence-electron chi connectivity index (χ1n) is 9.04. The van der Waals surface area contributed by atoms with Crippen molar-refractivity contribution in [2.24, 2.45) is 13.0 Å². The average Bonchev–Trinajstić information content (AvgIpc) is 2.90. The van der Waals surface area contributed by atoms with Crippen molar-refractivity contribution in [1.29, 1.82) is 0 Å². The Labute approximate surface area is 148 Å². The van der Waals surface area contributed by atoms with Gasteiger partial charge in [0.15, 0.2) is 5.82 Å². The van der Waals surface area contributed by atoms with E-state index >= 15 is 0 Å². The lowest BCUT2D eigenvalue weighted by molar-refractivity contribution is -0.0246. The minimum absolute atomic E-state index is 0.289. The molecule has 0 spiro atoms. The van der Waals surface area contributed by atoms with Crippen LogP contribution in [0.15, 0.2) is 24.5 Å². The Hall–Kier alpha value is -1.99. The molecule has 0 radical (unpaired) electrons. The normalized spacial score (nSPS) is 24.8. The molecule has 0 unspecified atom stereocenters. The molecule has 2 aliphatic rings. The largest absolute Gasteiger partial charge is 0.375 e. The monoisotopic (exact) mass is 342 g/mol. The highest BCUT2D eigenvalue weighted by Gasteiger charge is 2.34.